The number of ether oxygens (including phenoxy) is 1. The fourth-order valence-electron chi connectivity index (χ4n) is 0.547. The zero-order valence-corrected chi connectivity index (χ0v) is 10.00. The molecule has 13 heavy (non-hydrogen) atoms. The van der Waals surface area contributed by atoms with Gasteiger partial charge in [-0.25, -0.2) is 0 Å². The van der Waals surface area contributed by atoms with Crippen molar-refractivity contribution in [1.29, 1.82) is 0 Å². The standard InChI is InChI=1S/C8H15NO2S2/c1-6(2)11-7(10)5-13-8(12)9(3)4/h6H,5H2,1-4H3. The molecule has 3 nitrogen and oxygen atoms in total. The molecule has 0 bridgehead atoms. The molecule has 0 amide bonds. The third kappa shape index (κ3) is 6.83. The highest BCUT2D eigenvalue weighted by Crippen LogP contribution is 2.07. The van der Waals surface area contributed by atoms with Crippen LogP contribution in [-0.2, 0) is 9.53 Å². The third-order valence-corrected chi connectivity index (χ3v) is 2.76. The quantitative estimate of drug-likeness (QED) is 0.532. The molecule has 0 radical (unpaired) electrons. The van der Waals surface area contributed by atoms with Crippen molar-refractivity contribution in [1.82, 2.24) is 4.90 Å². The number of nitrogens with zero attached hydrogens (tertiary/aromatic N) is 1. The molecule has 0 rings (SSSR count). The van der Waals surface area contributed by atoms with Crippen LogP contribution in [0.15, 0.2) is 0 Å². The van der Waals surface area contributed by atoms with Gasteiger partial charge in [-0.1, -0.05) is 24.0 Å². The third-order valence-electron chi connectivity index (χ3n) is 1.05. The smallest absolute Gasteiger partial charge is 0.316 e. The number of carbonyl (C=O) groups excluding carboxylic acids is 1. The van der Waals surface area contributed by atoms with E-state index in [4.69, 9.17) is 17.0 Å². The van der Waals surface area contributed by atoms with Gasteiger partial charge < -0.3 is 9.64 Å². The molecule has 0 aromatic heterocycles. The number of hydrogen-bond donors (Lipinski definition) is 0. The van der Waals surface area contributed by atoms with E-state index in [-0.39, 0.29) is 17.8 Å². The van der Waals surface area contributed by atoms with Crippen LogP contribution in [0.1, 0.15) is 13.8 Å². The second-order valence-electron chi connectivity index (χ2n) is 2.99. The Bertz CT molecular complexity index is 193. The molecule has 0 unspecified atom stereocenters. The molecular formula is C8H15NO2S2. The zero-order chi connectivity index (χ0) is 10.4. The summed E-state index contributed by atoms with van der Waals surface area (Å²) in [6.45, 7) is 3.65. The summed E-state index contributed by atoms with van der Waals surface area (Å²) in [5, 5.41) is 0. The average Bonchev–Trinajstić information content (AvgIpc) is 1.98. The number of thiocarbonyl (C=S) groups is 1. The lowest BCUT2D eigenvalue weighted by Crippen LogP contribution is -2.20. The molecule has 0 aliphatic heterocycles. The minimum atomic E-state index is -0.218. The van der Waals surface area contributed by atoms with Crippen LogP contribution in [0.5, 0.6) is 0 Å². The summed E-state index contributed by atoms with van der Waals surface area (Å²) in [7, 11) is 3.70. The van der Waals surface area contributed by atoms with Gasteiger partial charge in [0.05, 0.1) is 11.9 Å². The van der Waals surface area contributed by atoms with E-state index in [0.29, 0.717) is 4.32 Å². The van der Waals surface area contributed by atoms with Gasteiger partial charge in [0.1, 0.15) is 4.32 Å². The van der Waals surface area contributed by atoms with Gasteiger partial charge in [-0.3, -0.25) is 4.79 Å². The van der Waals surface area contributed by atoms with Crippen molar-refractivity contribution < 1.29 is 9.53 Å². The highest BCUT2D eigenvalue weighted by molar-refractivity contribution is 8.23. The predicted molar refractivity (Wildman–Crippen MR) is 60.0 cm³/mol. The van der Waals surface area contributed by atoms with E-state index in [1.54, 1.807) is 4.90 Å². The van der Waals surface area contributed by atoms with Crippen molar-refractivity contribution >= 4 is 34.3 Å². The van der Waals surface area contributed by atoms with Crippen LogP contribution in [0.4, 0.5) is 0 Å². The van der Waals surface area contributed by atoms with Crippen molar-refractivity contribution in [2.24, 2.45) is 0 Å². The second kappa shape index (κ2) is 6.21. The Kier molecular flexibility index (Phi) is 6.07. The number of carbonyl (C=O) groups is 1. The van der Waals surface area contributed by atoms with Crippen LogP contribution in [0.25, 0.3) is 0 Å². The monoisotopic (exact) mass is 221 g/mol. The first-order valence-corrected chi connectivity index (χ1v) is 5.36. The molecule has 0 atom stereocenters. The summed E-state index contributed by atoms with van der Waals surface area (Å²) in [4.78, 5) is 12.9. The highest BCUT2D eigenvalue weighted by Gasteiger charge is 2.08. The Balaban J connectivity index is 3.64. The van der Waals surface area contributed by atoms with Gasteiger partial charge in [0.15, 0.2) is 0 Å². The molecule has 0 saturated carbocycles. The molecule has 0 aliphatic carbocycles. The maximum absolute atomic E-state index is 11.1. The normalized spacial score (nSPS) is 9.92. The van der Waals surface area contributed by atoms with E-state index in [9.17, 15) is 4.79 Å². The summed E-state index contributed by atoms with van der Waals surface area (Å²) >= 11 is 6.31. The first-order chi connectivity index (χ1) is 5.93. The Morgan fingerprint density at radius 1 is 1.54 bits per heavy atom. The van der Waals surface area contributed by atoms with Crippen molar-refractivity contribution in [3.8, 4) is 0 Å². The van der Waals surface area contributed by atoms with Gasteiger partial charge in [0, 0.05) is 14.1 Å². The maximum Gasteiger partial charge on any atom is 0.316 e. The van der Waals surface area contributed by atoms with Crippen LogP contribution in [0.2, 0.25) is 0 Å². The molecule has 0 aromatic carbocycles. The van der Waals surface area contributed by atoms with E-state index in [0.717, 1.165) is 0 Å². The molecule has 0 saturated heterocycles. The van der Waals surface area contributed by atoms with Gasteiger partial charge in [-0.15, -0.1) is 0 Å². The maximum atomic E-state index is 11.1. The summed E-state index contributed by atoms with van der Waals surface area (Å²) < 4.78 is 5.64. The number of thioether (sulfide) groups is 1. The van der Waals surface area contributed by atoms with Crippen LogP contribution in [0.3, 0.4) is 0 Å². The second-order valence-corrected chi connectivity index (χ2v) is 4.60. The fraction of sp³-hybridized carbons (Fsp3) is 0.750. The molecule has 0 aliphatic rings. The summed E-state index contributed by atoms with van der Waals surface area (Å²) in [6.07, 6.45) is -0.0546. The molecule has 0 N–H and O–H groups in total. The molecule has 0 heterocycles. The van der Waals surface area contributed by atoms with Crippen molar-refractivity contribution in [2.75, 3.05) is 19.8 Å². The predicted octanol–water partition coefficient (Wildman–Crippen LogP) is 1.52. The summed E-state index contributed by atoms with van der Waals surface area (Å²) in [5.41, 5.74) is 0. The largest absolute Gasteiger partial charge is 0.462 e. The summed E-state index contributed by atoms with van der Waals surface area (Å²) in [6, 6.07) is 0. The molecular weight excluding hydrogens is 206 g/mol. The lowest BCUT2D eigenvalue weighted by Gasteiger charge is -2.12. The minimum Gasteiger partial charge on any atom is -0.462 e. The minimum absolute atomic E-state index is 0.0546. The van der Waals surface area contributed by atoms with Gasteiger partial charge in [-0.2, -0.15) is 0 Å². The molecule has 0 spiro atoms. The molecule has 5 heteroatoms. The Labute approximate surface area is 88.8 Å². The lowest BCUT2D eigenvalue weighted by molar-refractivity contribution is -0.144. The Morgan fingerprint density at radius 3 is 2.46 bits per heavy atom. The SMILES string of the molecule is CC(C)OC(=O)CSC(=S)N(C)C. The van der Waals surface area contributed by atoms with E-state index in [2.05, 4.69) is 0 Å². The van der Waals surface area contributed by atoms with Crippen LogP contribution in [-0.4, -0.2) is 41.1 Å². The van der Waals surface area contributed by atoms with Gasteiger partial charge in [0.2, 0.25) is 0 Å². The van der Waals surface area contributed by atoms with Gasteiger partial charge in [-0.05, 0) is 13.8 Å². The number of hydrogen-bond acceptors (Lipinski definition) is 4. The van der Waals surface area contributed by atoms with E-state index in [1.807, 2.05) is 27.9 Å². The first-order valence-electron chi connectivity index (χ1n) is 3.97. The van der Waals surface area contributed by atoms with E-state index < -0.39 is 0 Å². The molecule has 0 fully saturated rings. The topological polar surface area (TPSA) is 29.5 Å². The van der Waals surface area contributed by atoms with E-state index in [1.165, 1.54) is 11.8 Å². The fourth-order valence-corrected chi connectivity index (χ4v) is 1.29. The van der Waals surface area contributed by atoms with Gasteiger partial charge >= 0.3 is 5.97 Å². The summed E-state index contributed by atoms with van der Waals surface area (Å²) in [5.74, 6) is 0.0686. The Hall–Kier alpha value is -0.290. The van der Waals surface area contributed by atoms with Crippen molar-refractivity contribution in [3.63, 3.8) is 0 Å². The molecule has 0 aromatic rings. The number of rotatable bonds is 3. The van der Waals surface area contributed by atoms with E-state index >= 15 is 0 Å². The van der Waals surface area contributed by atoms with Crippen LogP contribution in [0, 0.1) is 0 Å². The molecule has 76 valence electrons. The van der Waals surface area contributed by atoms with Crippen LogP contribution < -0.4 is 0 Å². The first kappa shape index (κ1) is 12.7. The Morgan fingerprint density at radius 2 is 2.08 bits per heavy atom. The van der Waals surface area contributed by atoms with Gasteiger partial charge in [0.25, 0.3) is 0 Å². The van der Waals surface area contributed by atoms with Crippen molar-refractivity contribution in [3.05, 3.63) is 0 Å². The van der Waals surface area contributed by atoms with Crippen LogP contribution >= 0.6 is 24.0 Å². The zero-order valence-electron chi connectivity index (χ0n) is 8.36. The highest BCUT2D eigenvalue weighted by atomic mass is 32.2. The average molecular weight is 221 g/mol. The lowest BCUT2D eigenvalue weighted by atomic mass is 10.5. The van der Waals surface area contributed by atoms with Crippen molar-refractivity contribution in [2.45, 2.75) is 20.0 Å². The number of esters is 1.